The lowest BCUT2D eigenvalue weighted by Crippen LogP contribution is -2.13. The minimum atomic E-state index is -0.596. The van der Waals surface area contributed by atoms with Gasteiger partial charge in [0.25, 0.3) is 0 Å². The van der Waals surface area contributed by atoms with E-state index in [1.807, 2.05) is 4.57 Å². The summed E-state index contributed by atoms with van der Waals surface area (Å²) in [5.74, 6) is 0.778. The second-order valence-corrected chi connectivity index (χ2v) is 6.21. The fraction of sp³-hybridized carbons (Fsp3) is 0.562. The summed E-state index contributed by atoms with van der Waals surface area (Å²) in [7, 11) is 0. The van der Waals surface area contributed by atoms with Crippen LogP contribution in [-0.4, -0.2) is 15.4 Å². The largest absolute Gasteiger partial charge is 0.325 e. The lowest BCUT2D eigenvalue weighted by molar-refractivity contribution is 0.426. The minimum Gasteiger partial charge on any atom is -0.325 e. The van der Waals surface area contributed by atoms with Crippen LogP contribution in [0.1, 0.15) is 44.5 Å². The minimum absolute atomic E-state index is 0.238. The molecule has 1 aromatic carbocycles. The first kappa shape index (κ1) is 14.8. The van der Waals surface area contributed by atoms with Gasteiger partial charge in [-0.2, -0.15) is 0 Å². The second kappa shape index (κ2) is 5.91. The van der Waals surface area contributed by atoms with Crippen molar-refractivity contribution in [2.75, 3.05) is 5.88 Å². The molecule has 0 amide bonds. The van der Waals surface area contributed by atoms with Crippen LogP contribution in [0.15, 0.2) is 12.1 Å². The predicted molar refractivity (Wildman–Crippen MR) is 80.7 cm³/mol. The molecule has 0 N–H and O–H groups in total. The molecule has 1 atom stereocenters. The van der Waals surface area contributed by atoms with Crippen LogP contribution in [0.2, 0.25) is 0 Å². The highest BCUT2D eigenvalue weighted by atomic mass is 35.5. The van der Waals surface area contributed by atoms with E-state index in [2.05, 4.69) is 11.9 Å². The summed E-state index contributed by atoms with van der Waals surface area (Å²) in [6, 6.07) is 2.52. The zero-order valence-electron chi connectivity index (χ0n) is 12.1. The van der Waals surface area contributed by atoms with E-state index in [0.717, 1.165) is 30.7 Å². The molecule has 21 heavy (non-hydrogen) atoms. The maximum absolute atomic E-state index is 14.0. The third-order valence-electron chi connectivity index (χ3n) is 4.24. The second-order valence-electron chi connectivity index (χ2n) is 5.83. The van der Waals surface area contributed by atoms with Gasteiger partial charge in [-0.3, -0.25) is 0 Å². The standard InChI is InChI=1S/C16H19ClF2N2/c1-2-12(7-10-3-4-10)21-14-9-11(18)8-13(19)16(14)20-15(21)5-6-17/h8-10,12H,2-7H2,1H3. The Morgan fingerprint density at radius 3 is 2.76 bits per heavy atom. The molecule has 5 heteroatoms. The molecule has 2 nitrogen and oxygen atoms in total. The molecule has 1 aromatic heterocycles. The number of hydrogen-bond donors (Lipinski definition) is 0. The Labute approximate surface area is 128 Å². The molecule has 1 unspecified atom stereocenters. The van der Waals surface area contributed by atoms with Crippen molar-refractivity contribution in [3.05, 3.63) is 29.6 Å². The Bertz CT molecular complexity index is 649. The van der Waals surface area contributed by atoms with E-state index in [4.69, 9.17) is 11.6 Å². The molecule has 0 bridgehead atoms. The normalized spacial score (nSPS) is 16.6. The highest BCUT2D eigenvalue weighted by Gasteiger charge is 2.28. The monoisotopic (exact) mass is 312 g/mol. The Morgan fingerprint density at radius 2 is 2.14 bits per heavy atom. The van der Waals surface area contributed by atoms with Crippen LogP contribution < -0.4 is 0 Å². The van der Waals surface area contributed by atoms with Crippen molar-refractivity contribution in [3.63, 3.8) is 0 Å². The van der Waals surface area contributed by atoms with Gasteiger partial charge in [0.05, 0.1) is 5.52 Å². The fourth-order valence-corrected chi connectivity index (χ4v) is 3.20. The van der Waals surface area contributed by atoms with E-state index in [1.165, 1.54) is 18.9 Å². The number of aryl methyl sites for hydroxylation is 1. The van der Waals surface area contributed by atoms with E-state index >= 15 is 0 Å². The Balaban J connectivity index is 2.13. The summed E-state index contributed by atoms with van der Waals surface area (Å²) in [6.45, 7) is 2.11. The summed E-state index contributed by atoms with van der Waals surface area (Å²) >= 11 is 5.85. The van der Waals surface area contributed by atoms with Crippen molar-refractivity contribution < 1.29 is 8.78 Å². The number of rotatable bonds is 6. The van der Waals surface area contributed by atoms with E-state index in [-0.39, 0.29) is 11.6 Å². The molecule has 0 radical (unpaired) electrons. The van der Waals surface area contributed by atoms with Crippen molar-refractivity contribution in [1.82, 2.24) is 9.55 Å². The number of hydrogen-bond acceptors (Lipinski definition) is 1. The van der Waals surface area contributed by atoms with Crippen molar-refractivity contribution in [1.29, 1.82) is 0 Å². The zero-order valence-corrected chi connectivity index (χ0v) is 12.8. The first-order valence-electron chi connectivity index (χ1n) is 7.55. The lowest BCUT2D eigenvalue weighted by atomic mass is 10.1. The quantitative estimate of drug-likeness (QED) is 0.697. The fourth-order valence-electron chi connectivity index (χ4n) is 3.03. The van der Waals surface area contributed by atoms with Gasteiger partial charge in [0.2, 0.25) is 0 Å². The highest BCUT2D eigenvalue weighted by molar-refractivity contribution is 6.17. The van der Waals surface area contributed by atoms with Crippen LogP contribution in [0.25, 0.3) is 11.0 Å². The number of halogens is 3. The van der Waals surface area contributed by atoms with Crippen LogP contribution in [0.3, 0.4) is 0 Å². The Kier molecular flexibility index (Phi) is 4.16. The number of aromatic nitrogens is 2. The smallest absolute Gasteiger partial charge is 0.153 e. The van der Waals surface area contributed by atoms with Gasteiger partial charge in [-0.1, -0.05) is 19.8 Å². The Morgan fingerprint density at radius 1 is 1.38 bits per heavy atom. The maximum Gasteiger partial charge on any atom is 0.153 e. The number of benzene rings is 1. The summed E-state index contributed by atoms with van der Waals surface area (Å²) in [4.78, 5) is 4.38. The number of nitrogens with zero attached hydrogens (tertiary/aromatic N) is 2. The summed E-state index contributed by atoms with van der Waals surface area (Å²) in [5.41, 5.74) is 0.811. The molecule has 1 aliphatic rings. The predicted octanol–water partition coefficient (Wildman–Crippen LogP) is 4.85. The first-order valence-corrected chi connectivity index (χ1v) is 8.09. The van der Waals surface area contributed by atoms with Crippen LogP contribution in [-0.2, 0) is 6.42 Å². The van der Waals surface area contributed by atoms with Gasteiger partial charge in [0.1, 0.15) is 17.2 Å². The summed E-state index contributed by atoms with van der Waals surface area (Å²) in [6.07, 6.45) is 5.07. The van der Waals surface area contributed by atoms with Crippen LogP contribution in [0, 0.1) is 17.6 Å². The summed E-state index contributed by atoms with van der Waals surface area (Å²) in [5, 5.41) is 0. The third-order valence-corrected chi connectivity index (χ3v) is 4.43. The molecule has 0 spiro atoms. The van der Waals surface area contributed by atoms with E-state index in [9.17, 15) is 8.78 Å². The average Bonchev–Trinajstić information content (AvgIpc) is 3.19. The van der Waals surface area contributed by atoms with Gasteiger partial charge in [-0.15, -0.1) is 11.6 Å². The number of fused-ring (bicyclic) bond motifs is 1. The average molecular weight is 313 g/mol. The molecule has 114 valence electrons. The van der Waals surface area contributed by atoms with Crippen molar-refractivity contribution >= 4 is 22.6 Å². The van der Waals surface area contributed by atoms with Crippen molar-refractivity contribution in [2.24, 2.45) is 5.92 Å². The van der Waals surface area contributed by atoms with E-state index in [1.54, 1.807) is 0 Å². The number of alkyl halides is 1. The Hall–Kier alpha value is -1.16. The van der Waals surface area contributed by atoms with Gasteiger partial charge in [-0.05, 0) is 24.8 Å². The molecule has 2 aromatic rings. The molecule has 0 saturated heterocycles. The molecular weight excluding hydrogens is 294 g/mol. The SMILES string of the molecule is CCC(CC1CC1)n1c(CCCl)nc2c(F)cc(F)cc21. The molecular formula is C16H19ClF2N2. The highest BCUT2D eigenvalue weighted by Crippen LogP contribution is 2.39. The number of imidazole rings is 1. The molecule has 1 saturated carbocycles. The maximum atomic E-state index is 14.0. The van der Waals surface area contributed by atoms with Gasteiger partial charge in [-0.25, -0.2) is 13.8 Å². The van der Waals surface area contributed by atoms with Gasteiger partial charge >= 0.3 is 0 Å². The van der Waals surface area contributed by atoms with Crippen molar-refractivity contribution in [2.45, 2.75) is 45.1 Å². The molecule has 0 aliphatic heterocycles. The molecule has 1 aliphatic carbocycles. The molecule has 3 rings (SSSR count). The first-order chi connectivity index (χ1) is 10.1. The zero-order chi connectivity index (χ0) is 15.0. The topological polar surface area (TPSA) is 17.8 Å². The van der Waals surface area contributed by atoms with Gasteiger partial charge < -0.3 is 4.57 Å². The van der Waals surface area contributed by atoms with Gasteiger partial charge in [0, 0.05) is 24.4 Å². The van der Waals surface area contributed by atoms with Crippen LogP contribution >= 0.6 is 11.6 Å². The van der Waals surface area contributed by atoms with E-state index < -0.39 is 11.6 Å². The van der Waals surface area contributed by atoms with Crippen molar-refractivity contribution in [3.8, 4) is 0 Å². The van der Waals surface area contributed by atoms with Crippen LogP contribution in [0.5, 0.6) is 0 Å². The van der Waals surface area contributed by atoms with E-state index in [0.29, 0.717) is 17.8 Å². The van der Waals surface area contributed by atoms with Gasteiger partial charge in [0.15, 0.2) is 5.82 Å². The molecule has 1 heterocycles. The van der Waals surface area contributed by atoms with Crippen LogP contribution in [0.4, 0.5) is 8.78 Å². The summed E-state index contributed by atoms with van der Waals surface area (Å²) < 4.78 is 29.6. The lowest BCUT2D eigenvalue weighted by Gasteiger charge is -2.20. The molecule has 1 fully saturated rings. The third kappa shape index (κ3) is 2.91.